The van der Waals surface area contributed by atoms with Gasteiger partial charge in [0.1, 0.15) is 5.82 Å². The van der Waals surface area contributed by atoms with E-state index in [4.69, 9.17) is 23.2 Å². The molecule has 3 aromatic rings. The maximum Gasteiger partial charge on any atom is 0.320 e. The summed E-state index contributed by atoms with van der Waals surface area (Å²) < 4.78 is 28.0. The topological polar surface area (TPSA) is 50.2 Å². The van der Waals surface area contributed by atoms with Crippen LogP contribution in [0.4, 0.5) is 14.5 Å². The van der Waals surface area contributed by atoms with E-state index in [0.717, 1.165) is 4.57 Å². The molecule has 3 rings (SSSR count). The van der Waals surface area contributed by atoms with E-state index in [1.165, 1.54) is 0 Å². The second kappa shape index (κ2) is 8.86. The Balaban J connectivity index is 1.77. The summed E-state index contributed by atoms with van der Waals surface area (Å²) in [5.74, 6) is -0.154. The number of nitrogens with zero attached hydrogens (tertiary/aromatic N) is 3. The van der Waals surface area contributed by atoms with Gasteiger partial charge in [0.05, 0.1) is 39.9 Å². The van der Waals surface area contributed by atoms with Crippen molar-refractivity contribution in [3.63, 3.8) is 0 Å². The SMILES string of the molecule is CCN(CC(=O)Nc1c(Cl)cccc1Cl)Cc1nc2ccccc2n1C(F)F. The number of carbonyl (C=O) groups excluding carboxylic acids is 1. The number of halogens is 4. The fourth-order valence-corrected chi connectivity index (χ4v) is 3.39. The maximum atomic E-state index is 13.6. The summed E-state index contributed by atoms with van der Waals surface area (Å²) >= 11 is 12.1. The molecule has 0 radical (unpaired) electrons. The Bertz CT molecular complexity index is 973. The second-order valence-corrected chi connectivity index (χ2v) is 6.93. The quantitative estimate of drug-likeness (QED) is 0.564. The van der Waals surface area contributed by atoms with Crippen molar-refractivity contribution >= 4 is 45.8 Å². The fraction of sp³-hybridized carbons (Fsp3) is 0.263. The molecule has 0 saturated heterocycles. The van der Waals surface area contributed by atoms with Gasteiger partial charge in [-0.05, 0) is 30.8 Å². The number of carbonyl (C=O) groups is 1. The molecule has 0 aliphatic heterocycles. The van der Waals surface area contributed by atoms with Crippen molar-refractivity contribution in [3.8, 4) is 0 Å². The van der Waals surface area contributed by atoms with Crippen LogP contribution in [0.1, 0.15) is 19.3 Å². The molecular weight excluding hydrogens is 409 g/mol. The zero-order chi connectivity index (χ0) is 20.3. The number of hydrogen-bond donors (Lipinski definition) is 1. The van der Waals surface area contributed by atoms with Gasteiger partial charge in [0.25, 0.3) is 0 Å². The van der Waals surface area contributed by atoms with Crippen LogP contribution < -0.4 is 5.32 Å². The van der Waals surface area contributed by atoms with E-state index < -0.39 is 6.55 Å². The van der Waals surface area contributed by atoms with Gasteiger partial charge >= 0.3 is 6.55 Å². The highest BCUT2D eigenvalue weighted by Crippen LogP contribution is 2.30. The first-order valence-electron chi connectivity index (χ1n) is 8.61. The minimum Gasteiger partial charge on any atom is -0.322 e. The first-order valence-corrected chi connectivity index (χ1v) is 9.36. The molecule has 0 saturated carbocycles. The molecular formula is C19H18Cl2F2N4O. The Morgan fingerprint density at radius 3 is 2.50 bits per heavy atom. The lowest BCUT2D eigenvalue weighted by molar-refractivity contribution is -0.117. The zero-order valence-corrected chi connectivity index (χ0v) is 16.5. The summed E-state index contributed by atoms with van der Waals surface area (Å²) in [6.07, 6.45) is 0. The lowest BCUT2D eigenvalue weighted by Gasteiger charge is -2.20. The molecule has 1 aromatic heterocycles. The number of amides is 1. The number of aromatic nitrogens is 2. The van der Waals surface area contributed by atoms with Gasteiger partial charge < -0.3 is 5.32 Å². The molecule has 5 nitrogen and oxygen atoms in total. The van der Waals surface area contributed by atoms with Crippen molar-refractivity contribution in [3.05, 3.63) is 58.3 Å². The van der Waals surface area contributed by atoms with Crippen LogP contribution in [0, 0.1) is 0 Å². The molecule has 1 N–H and O–H groups in total. The molecule has 148 valence electrons. The lowest BCUT2D eigenvalue weighted by Crippen LogP contribution is -2.33. The number of para-hydroxylation sites is 3. The normalized spacial score (nSPS) is 11.5. The number of likely N-dealkylation sites (N-methyl/N-ethyl adjacent to an activating group) is 1. The number of rotatable bonds is 7. The third-order valence-electron chi connectivity index (χ3n) is 4.27. The Labute approximate surface area is 170 Å². The van der Waals surface area contributed by atoms with Crippen LogP contribution in [-0.4, -0.2) is 33.4 Å². The molecule has 0 unspecified atom stereocenters. The summed E-state index contributed by atoms with van der Waals surface area (Å²) in [4.78, 5) is 18.4. The summed E-state index contributed by atoms with van der Waals surface area (Å²) in [5.41, 5.74) is 1.17. The number of alkyl halides is 2. The van der Waals surface area contributed by atoms with Crippen molar-refractivity contribution in [1.82, 2.24) is 14.5 Å². The molecule has 0 spiro atoms. The number of anilines is 1. The zero-order valence-electron chi connectivity index (χ0n) is 15.0. The number of imidazole rings is 1. The molecule has 1 amide bonds. The summed E-state index contributed by atoms with van der Waals surface area (Å²) in [6.45, 7) is -0.345. The van der Waals surface area contributed by atoms with E-state index >= 15 is 0 Å². The lowest BCUT2D eigenvalue weighted by atomic mass is 10.3. The summed E-state index contributed by atoms with van der Waals surface area (Å²) in [7, 11) is 0. The highest BCUT2D eigenvalue weighted by Gasteiger charge is 2.20. The van der Waals surface area contributed by atoms with Gasteiger partial charge in [-0.15, -0.1) is 0 Å². The largest absolute Gasteiger partial charge is 0.322 e. The van der Waals surface area contributed by atoms with E-state index in [-0.39, 0.29) is 24.8 Å². The van der Waals surface area contributed by atoms with Crippen LogP contribution >= 0.6 is 23.2 Å². The number of hydrogen-bond acceptors (Lipinski definition) is 3. The van der Waals surface area contributed by atoms with Gasteiger partial charge in [-0.2, -0.15) is 8.78 Å². The van der Waals surface area contributed by atoms with Crippen LogP contribution in [0.15, 0.2) is 42.5 Å². The van der Waals surface area contributed by atoms with Gasteiger partial charge in [0.15, 0.2) is 0 Å². The van der Waals surface area contributed by atoms with E-state index in [9.17, 15) is 13.6 Å². The van der Waals surface area contributed by atoms with Crippen molar-refractivity contribution in [1.29, 1.82) is 0 Å². The average molecular weight is 427 g/mol. The molecule has 9 heteroatoms. The van der Waals surface area contributed by atoms with Crippen LogP contribution in [-0.2, 0) is 11.3 Å². The van der Waals surface area contributed by atoms with Crippen molar-refractivity contribution in [2.24, 2.45) is 0 Å². The van der Waals surface area contributed by atoms with E-state index in [1.54, 1.807) is 47.4 Å². The smallest absolute Gasteiger partial charge is 0.320 e. The van der Waals surface area contributed by atoms with Crippen LogP contribution in [0.2, 0.25) is 10.0 Å². The molecule has 0 atom stereocenters. The standard InChI is InChI=1S/C19H18Cl2F2N4O/c1-2-26(11-17(28)25-18-12(20)6-5-7-13(18)21)10-16-24-14-8-3-4-9-15(14)27(16)19(22)23/h3-9,19H,2,10-11H2,1H3,(H,25,28). The predicted molar refractivity (Wildman–Crippen MR) is 107 cm³/mol. The van der Waals surface area contributed by atoms with Gasteiger partial charge in [0, 0.05) is 0 Å². The number of fused-ring (bicyclic) bond motifs is 1. The summed E-state index contributed by atoms with van der Waals surface area (Å²) in [5, 5.41) is 3.32. The molecule has 0 aliphatic rings. The fourth-order valence-electron chi connectivity index (χ4n) is 2.90. The van der Waals surface area contributed by atoms with E-state index in [2.05, 4.69) is 10.3 Å². The maximum absolute atomic E-state index is 13.6. The average Bonchev–Trinajstić information content (AvgIpc) is 3.02. The van der Waals surface area contributed by atoms with Gasteiger partial charge in [0.2, 0.25) is 5.91 Å². The number of benzene rings is 2. The molecule has 28 heavy (non-hydrogen) atoms. The first-order chi connectivity index (χ1) is 13.4. The minimum absolute atomic E-state index is 0.0233. The van der Waals surface area contributed by atoms with E-state index in [0.29, 0.717) is 33.3 Å². The van der Waals surface area contributed by atoms with Crippen LogP contribution in [0.3, 0.4) is 0 Å². The molecule has 0 aliphatic carbocycles. The summed E-state index contributed by atoms with van der Waals surface area (Å²) in [6, 6.07) is 11.6. The van der Waals surface area contributed by atoms with Gasteiger partial charge in [-0.3, -0.25) is 14.3 Å². The van der Waals surface area contributed by atoms with Crippen molar-refractivity contribution in [2.75, 3.05) is 18.4 Å². The van der Waals surface area contributed by atoms with Crippen molar-refractivity contribution in [2.45, 2.75) is 20.0 Å². The molecule has 2 aromatic carbocycles. The van der Waals surface area contributed by atoms with Crippen LogP contribution in [0.5, 0.6) is 0 Å². The van der Waals surface area contributed by atoms with Gasteiger partial charge in [-0.1, -0.05) is 48.3 Å². The Hall–Kier alpha value is -2.22. The highest BCUT2D eigenvalue weighted by molar-refractivity contribution is 6.39. The monoisotopic (exact) mass is 426 g/mol. The molecule has 0 fully saturated rings. The van der Waals surface area contributed by atoms with E-state index in [1.807, 2.05) is 6.92 Å². The third kappa shape index (κ3) is 4.43. The molecule has 0 bridgehead atoms. The predicted octanol–water partition coefficient (Wildman–Crippen LogP) is 5.20. The van der Waals surface area contributed by atoms with Gasteiger partial charge in [-0.25, -0.2) is 4.98 Å². The van der Waals surface area contributed by atoms with Crippen LogP contribution in [0.25, 0.3) is 11.0 Å². The minimum atomic E-state index is -2.73. The Kier molecular flexibility index (Phi) is 6.49. The molecule has 1 heterocycles. The Morgan fingerprint density at radius 2 is 1.86 bits per heavy atom. The first kappa shape index (κ1) is 20.5. The Morgan fingerprint density at radius 1 is 1.18 bits per heavy atom. The number of nitrogens with one attached hydrogen (secondary N) is 1. The second-order valence-electron chi connectivity index (χ2n) is 6.11. The highest BCUT2D eigenvalue weighted by atomic mass is 35.5. The third-order valence-corrected chi connectivity index (χ3v) is 4.90. The van der Waals surface area contributed by atoms with Crippen molar-refractivity contribution < 1.29 is 13.6 Å².